The summed E-state index contributed by atoms with van der Waals surface area (Å²) >= 11 is 6.75. The molecular weight excluding hydrogens is 224 g/mol. The summed E-state index contributed by atoms with van der Waals surface area (Å²) in [5, 5.41) is 1.15. The summed E-state index contributed by atoms with van der Waals surface area (Å²) in [6, 6.07) is 0. The van der Waals surface area contributed by atoms with E-state index in [2.05, 4.69) is 20.8 Å². The van der Waals surface area contributed by atoms with Crippen LogP contribution in [0.2, 0.25) is 0 Å². The monoisotopic (exact) mass is 240 g/mol. The number of rotatable bonds is 2. The molecule has 4 heteroatoms. The molecule has 2 N–H and O–H groups in total. The number of hydrogen-bond donors (Lipinski definition) is 1. The van der Waals surface area contributed by atoms with Gasteiger partial charge in [-0.25, -0.2) is 4.98 Å². The third-order valence-corrected chi connectivity index (χ3v) is 4.35. The van der Waals surface area contributed by atoms with E-state index in [-0.39, 0.29) is 5.41 Å². The van der Waals surface area contributed by atoms with Crippen LogP contribution in [-0.4, -0.2) is 9.97 Å². The smallest absolute Gasteiger partial charge is 0.116 e. The topological polar surface area (TPSA) is 38.9 Å². The molecule has 0 bridgehead atoms. The van der Waals surface area contributed by atoms with Crippen LogP contribution in [0.15, 0.2) is 0 Å². The van der Waals surface area contributed by atoms with Gasteiger partial charge in [-0.3, -0.25) is 0 Å². The molecule has 1 aliphatic rings. The van der Waals surface area contributed by atoms with Crippen molar-refractivity contribution in [2.24, 2.45) is 5.73 Å². The lowest BCUT2D eigenvalue weighted by Gasteiger charge is -2.13. The van der Waals surface area contributed by atoms with Crippen molar-refractivity contribution in [2.45, 2.75) is 44.9 Å². The molecule has 0 saturated heterocycles. The predicted molar refractivity (Wildman–Crippen MR) is 68.7 cm³/mol. The summed E-state index contributed by atoms with van der Waals surface area (Å²) in [5.41, 5.74) is 6.98. The van der Waals surface area contributed by atoms with Gasteiger partial charge >= 0.3 is 0 Å². The fourth-order valence-corrected chi connectivity index (χ4v) is 2.75. The van der Waals surface area contributed by atoms with Gasteiger partial charge in [0.1, 0.15) is 4.99 Å². The highest BCUT2D eigenvalue weighted by Crippen LogP contribution is 2.44. The first-order valence-electron chi connectivity index (χ1n) is 5.20. The zero-order valence-electron chi connectivity index (χ0n) is 9.33. The molecule has 1 heterocycles. The number of thiazole rings is 1. The van der Waals surface area contributed by atoms with Gasteiger partial charge in [0.2, 0.25) is 0 Å². The van der Waals surface area contributed by atoms with E-state index < -0.39 is 0 Å². The van der Waals surface area contributed by atoms with Crippen LogP contribution in [-0.2, 0) is 5.41 Å². The Balaban J connectivity index is 2.44. The minimum atomic E-state index is 0.0946. The Morgan fingerprint density at radius 2 is 2.07 bits per heavy atom. The number of nitrogens with zero attached hydrogens (tertiary/aromatic N) is 1. The van der Waals surface area contributed by atoms with Gasteiger partial charge in [0.15, 0.2) is 0 Å². The maximum atomic E-state index is 5.74. The second kappa shape index (κ2) is 3.52. The molecule has 1 aliphatic carbocycles. The molecule has 0 radical (unpaired) electrons. The number of thiocarbonyl (C=S) groups is 1. The van der Waals surface area contributed by atoms with Crippen molar-refractivity contribution in [1.82, 2.24) is 4.98 Å². The van der Waals surface area contributed by atoms with Crippen molar-refractivity contribution in [3.63, 3.8) is 0 Å². The van der Waals surface area contributed by atoms with E-state index in [0.717, 1.165) is 15.6 Å². The molecule has 0 amide bonds. The molecule has 2 nitrogen and oxygen atoms in total. The summed E-state index contributed by atoms with van der Waals surface area (Å²) in [6.45, 7) is 6.52. The number of aromatic nitrogens is 1. The lowest BCUT2D eigenvalue weighted by Crippen LogP contribution is -2.10. The van der Waals surface area contributed by atoms with E-state index in [1.54, 1.807) is 11.3 Å². The lowest BCUT2D eigenvalue weighted by atomic mass is 9.98. The first-order valence-corrected chi connectivity index (χ1v) is 6.43. The highest BCUT2D eigenvalue weighted by molar-refractivity contribution is 7.81. The molecule has 82 valence electrons. The molecule has 0 atom stereocenters. The van der Waals surface area contributed by atoms with Crippen LogP contribution < -0.4 is 5.73 Å². The zero-order valence-corrected chi connectivity index (χ0v) is 11.0. The summed E-state index contributed by atoms with van der Waals surface area (Å²) in [4.78, 5) is 6.26. The molecule has 0 aliphatic heterocycles. The van der Waals surface area contributed by atoms with Gasteiger partial charge in [0, 0.05) is 11.3 Å². The highest BCUT2D eigenvalue weighted by Gasteiger charge is 2.32. The normalized spacial score (nSPS) is 16.7. The van der Waals surface area contributed by atoms with Crippen LogP contribution in [0, 0.1) is 0 Å². The molecule has 15 heavy (non-hydrogen) atoms. The Morgan fingerprint density at radius 3 is 2.47 bits per heavy atom. The van der Waals surface area contributed by atoms with Crippen molar-refractivity contribution in [2.75, 3.05) is 0 Å². The van der Waals surface area contributed by atoms with Gasteiger partial charge in [-0.1, -0.05) is 33.0 Å². The number of hydrogen-bond acceptors (Lipinski definition) is 3. The predicted octanol–water partition coefficient (Wildman–Crippen LogP) is 2.95. The second-order valence-corrected chi connectivity index (χ2v) is 6.56. The molecule has 2 rings (SSSR count). The zero-order chi connectivity index (χ0) is 11.2. The van der Waals surface area contributed by atoms with E-state index in [4.69, 9.17) is 22.9 Å². The lowest BCUT2D eigenvalue weighted by molar-refractivity contribution is 0.583. The van der Waals surface area contributed by atoms with Crippen LogP contribution in [0.1, 0.15) is 55.1 Å². The Hall–Kier alpha value is -0.480. The van der Waals surface area contributed by atoms with E-state index in [0.29, 0.717) is 10.9 Å². The minimum Gasteiger partial charge on any atom is -0.389 e. The average molecular weight is 240 g/mol. The van der Waals surface area contributed by atoms with Gasteiger partial charge in [-0.15, -0.1) is 11.3 Å². The SMILES string of the molecule is CC(C)(C)c1nc(C2CC2)c(C(N)=S)s1. The highest BCUT2D eigenvalue weighted by atomic mass is 32.1. The Morgan fingerprint density at radius 1 is 1.47 bits per heavy atom. The van der Waals surface area contributed by atoms with Crippen LogP contribution >= 0.6 is 23.6 Å². The van der Waals surface area contributed by atoms with Crippen LogP contribution in [0.3, 0.4) is 0 Å². The van der Waals surface area contributed by atoms with Gasteiger partial charge in [0.05, 0.1) is 15.6 Å². The van der Waals surface area contributed by atoms with Crippen molar-refractivity contribution in [3.05, 3.63) is 15.6 Å². The fraction of sp³-hybridized carbons (Fsp3) is 0.636. The summed E-state index contributed by atoms with van der Waals surface area (Å²) in [7, 11) is 0. The molecule has 1 aromatic rings. The van der Waals surface area contributed by atoms with Gasteiger partial charge < -0.3 is 5.73 Å². The second-order valence-electron chi connectivity index (χ2n) is 5.12. The maximum Gasteiger partial charge on any atom is 0.116 e. The molecule has 0 unspecified atom stereocenters. The van der Waals surface area contributed by atoms with Crippen LogP contribution in [0.5, 0.6) is 0 Å². The van der Waals surface area contributed by atoms with E-state index in [1.165, 1.54) is 12.8 Å². The quantitative estimate of drug-likeness (QED) is 0.808. The third-order valence-electron chi connectivity index (χ3n) is 2.48. The number of nitrogens with two attached hydrogens (primary N) is 1. The summed E-state index contributed by atoms with van der Waals surface area (Å²) in [5.74, 6) is 0.619. The van der Waals surface area contributed by atoms with Gasteiger partial charge in [-0.05, 0) is 12.8 Å². The largest absolute Gasteiger partial charge is 0.389 e. The first-order chi connectivity index (χ1) is 6.89. The van der Waals surface area contributed by atoms with Crippen LogP contribution in [0.4, 0.5) is 0 Å². The molecule has 1 aromatic heterocycles. The molecule has 1 fully saturated rings. The van der Waals surface area contributed by atoms with E-state index in [1.807, 2.05) is 0 Å². The van der Waals surface area contributed by atoms with Gasteiger partial charge in [-0.2, -0.15) is 0 Å². The van der Waals surface area contributed by atoms with Crippen molar-refractivity contribution < 1.29 is 0 Å². The van der Waals surface area contributed by atoms with E-state index in [9.17, 15) is 0 Å². The Bertz CT molecular complexity index is 397. The Labute approximate surface area is 99.9 Å². The minimum absolute atomic E-state index is 0.0946. The molecule has 0 aromatic carbocycles. The average Bonchev–Trinajstić information content (AvgIpc) is 2.81. The summed E-state index contributed by atoms with van der Waals surface area (Å²) in [6.07, 6.45) is 2.48. The van der Waals surface area contributed by atoms with Crippen LogP contribution in [0.25, 0.3) is 0 Å². The molecule has 1 saturated carbocycles. The van der Waals surface area contributed by atoms with Crippen molar-refractivity contribution >= 4 is 28.5 Å². The summed E-state index contributed by atoms with van der Waals surface area (Å²) < 4.78 is 0. The fourth-order valence-electron chi connectivity index (χ4n) is 1.46. The maximum absolute atomic E-state index is 5.74. The Kier molecular flexibility index (Phi) is 2.59. The third kappa shape index (κ3) is 2.21. The first kappa shape index (κ1) is 11.0. The van der Waals surface area contributed by atoms with Gasteiger partial charge in [0.25, 0.3) is 0 Å². The van der Waals surface area contributed by atoms with E-state index >= 15 is 0 Å². The van der Waals surface area contributed by atoms with Crippen molar-refractivity contribution in [3.8, 4) is 0 Å². The van der Waals surface area contributed by atoms with Crippen molar-refractivity contribution in [1.29, 1.82) is 0 Å². The molecular formula is C11H16N2S2. The standard InChI is InChI=1S/C11H16N2S2/c1-11(2,3)10-13-7(6-4-5-6)8(15-10)9(12)14/h6H,4-5H2,1-3H3,(H2,12,14). The molecule has 0 spiro atoms.